The van der Waals surface area contributed by atoms with Gasteiger partial charge in [0, 0.05) is 37.9 Å². The summed E-state index contributed by atoms with van der Waals surface area (Å²) in [5.74, 6) is 2.09. The van der Waals surface area contributed by atoms with Gasteiger partial charge in [-0.3, -0.25) is 14.4 Å². The van der Waals surface area contributed by atoms with Crippen molar-refractivity contribution in [2.24, 2.45) is 5.41 Å². The van der Waals surface area contributed by atoms with Crippen molar-refractivity contribution < 1.29 is 19.1 Å². The molecule has 0 bridgehead atoms. The first kappa shape index (κ1) is 18.9. The normalized spacial score (nSPS) is 23.2. The summed E-state index contributed by atoms with van der Waals surface area (Å²) in [6, 6.07) is 0. The first-order chi connectivity index (χ1) is 10.7. The van der Waals surface area contributed by atoms with Crippen LogP contribution >= 0.6 is 0 Å². The predicted octanol–water partition coefficient (Wildman–Crippen LogP) is 0.871. The first-order valence-electron chi connectivity index (χ1n) is 7.45. The molecule has 0 aromatic rings. The maximum Gasteiger partial charge on any atom is 0.246 e. The maximum atomic E-state index is 12.0. The van der Waals surface area contributed by atoms with Crippen LogP contribution < -0.4 is 5.32 Å². The van der Waals surface area contributed by atoms with Crippen molar-refractivity contribution in [2.75, 3.05) is 13.6 Å². The molecule has 0 aliphatic carbocycles. The van der Waals surface area contributed by atoms with E-state index in [1.807, 2.05) is 20.8 Å². The van der Waals surface area contributed by atoms with E-state index in [9.17, 15) is 14.4 Å². The third-order valence-electron chi connectivity index (χ3n) is 3.83. The van der Waals surface area contributed by atoms with E-state index in [2.05, 4.69) is 11.2 Å². The number of carbonyl (C=O) groups is 3. The van der Waals surface area contributed by atoms with Crippen LogP contribution in [0.2, 0.25) is 0 Å². The van der Waals surface area contributed by atoms with E-state index in [0.29, 0.717) is 12.7 Å². The van der Waals surface area contributed by atoms with E-state index < -0.39 is 5.72 Å². The van der Waals surface area contributed by atoms with E-state index in [4.69, 9.17) is 11.2 Å². The highest BCUT2D eigenvalue weighted by Crippen LogP contribution is 2.47. The number of nitrogens with zero attached hydrogens (tertiary/aromatic N) is 1. The van der Waals surface area contributed by atoms with Crippen LogP contribution in [0.1, 0.15) is 33.6 Å². The van der Waals surface area contributed by atoms with E-state index in [1.165, 1.54) is 4.90 Å². The number of carbonyl (C=O) groups excluding carboxylic acids is 3. The minimum absolute atomic E-state index is 0.134. The van der Waals surface area contributed by atoms with Gasteiger partial charge in [-0.15, -0.1) is 12.3 Å². The monoisotopic (exact) mass is 320 g/mol. The summed E-state index contributed by atoms with van der Waals surface area (Å²) in [6.45, 7) is 6.07. The zero-order valence-electron chi connectivity index (χ0n) is 14.1. The van der Waals surface area contributed by atoms with Gasteiger partial charge in [0.2, 0.25) is 11.8 Å². The fourth-order valence-electron chi connectivity index (χ4n) is 2.53. The number of nitrogens with one attached hydrogen (secondary N) is 1. The number of epoxide rings is 1. The third-order valence-corrected chi connectivity index (χ3v) is 3.83. The average Bonchev–Trinajstić information content (AvgIpc) is 3.14. The molecule has 1 aliphatic heterocycles. The predicted molar refractivity (Wildman–Crippen MR) is 86.1 cm³/mol. The number of hydrogen-bond acceptors (Lipinski definition) is 4. The molecule has 0 aromatic heterocycles. The van der Waals surface area contributed by atoms with Gasteiger partial charge in [-0.25, -0.2) is 0 Å². The molecule has 0 aromatic carbocycles. The van der Waals surface area contributed by atoms with Gasteiger partial charge in [-0.2, -0.15) is 0 Å². The summed E-state index contributed by atoms with van der Waals surface area (Å²) in [7, 11) is 1.57. The van der Waals surface area contributed by atoms with Crippen molar-refractivity contribution in [2.45, 2.75) is 45.4 Å². The number of aldehydes is 1. The standard InChI is InChI=1S/C17H24N2O4/c1-6-10-16(2,3)15-17(4,23-15)18-13(21)9-11-19(5)14(22)8-7-12-20/h1,7-8,12,15H,9-11H2,2-5H3,(H,18,21)/b8-7-. The molecule has 126 valence electrons. The lowest BCUT2D eigenvalue weighted by Crippen LogP contribution is -2.42. The van der Waals surface area contributed by atoms with Crippen molar-refractivity contribution in [1.29, 1.82) is 0 Å². The zero-order chi connectivity index (χ0) is 17.7. The number of allylic oxidation sites excluding steroid dienone is 1. The fourth-order valence-corrected chi connectivity index (χ4v) is 2.53. The Balaban J connectivity index is 2.44. The van der Waals surface area contributed by atoms with Gasteiger partial charge >= 0.3 is 0 Å². The molecule has 0 radical (unpaired) electrons. The number of likely N-dealkylation sites (N-methyl/N-ethyl adjacent to an activating group) is 1. The van der Waals surface area contributed by atoms with Gasteiger partial charge in [0.05, 0.1) is 0 Å². The van der Waals surface area contributed by atoms with E-state index >= 15 is 0 Å². The van der Waals surface area contributed by atoms with Crippen molar-refractivity contribution in [3.8, 4) is 12.3 Å². The number of amides is 2. The number of rotatable bonds is 8. The molecule has 1 rings (SSSR count). The highest BCUT2D eigenvalue weighted by atomic mass is 16.6. The summed E-state index contributed by atoms with van der Waals surface area (Å²) in [4.78, 5) is 35.1. The quantitative estimate of drug-likeness (QED) is 0.311. The SMILES string of the molecule is C#CCC(C)(C)C1OC1(C)NC(=O)CCN(C)C(=O)/C=C\C=O. The van der Waals surface area contributed by atoms with Gasteiger partial charge in [0.1, 0.15) is 12.4 Å². The second-order valence-electron chi connectivity index (χ2n) is 6.53. The van der Waals surface area contributed by atoms with Crippen molar-refractivity contribution in [1.82, 2.24) is 10.2 Å². The summed E-state index contributed by atoms with van der Waals surface area (Å²) in [5, 5.41) is 2.84. The molecule has 1 fully saturated rings. The molecular weight excluding hydrogens is 296 g/mol. The molecule has 6 nitrogen and oxygen atoms in total. The average molecular weight is 320 g/mol. The summed E-state index contributed by atoms with van der Waals surface area (Å²) < 4.78 is 5.64. The lowest BCUT2D eigenvalue weighted by molar-refractivity contribution is -0.126. The Morgan fingerprint density at radius 3 is 2.70 bits per heavy atom. The van der Waals surface area contributed by atoms with Crippen molar-refractivity contribution >= 4 is 18.1 Å². The lowest BCUT2D eigenvalue weighted by Gasteiger charge is -2.21. The fraction of sp³-hybridized carbons (Fsp3) is 0.588. The van der Waals surface area contributed by atoms with Crippen LogP contribution in [0, 0.1) is 17.8 Å². The van der Waals surface area contributed by atoms with E-state index in [1.54, 1.807) is 7.05 Å². The lowest BCUT2D eigenvalue weighted by atomic mass is 9.83. The summed E-state index contributed by atoms with van der Waals surface area (Å²) in [6.07, 6.45) is 8.74. The number of hydrogen-bond donors (Lipinski definition) is 1. The summed E-state index contributed by atoms with van der Waals surface area (Å²) in [5.41, 5.74) is -0.930. The Morgan fingerprint density at radius 1 is 1.48 bits per heavy atom. The smallest absolute Gasteiger partial charge is 0.246 e. The Bertz CT molecular complexity index is 547. The van der Waals surface area contributed by atoms with Crippen molar-refractivity contribution in [3.05, 3.63) is 12.2 Å². The Labute approximate surface area is 137 Å². The molecule has 2 atom stereocenters. The maximum absolute atomic E-state index is 12.0. The second kappa shape index (κ2) is 7.42. The van der Waals surface area contributed by atoms with Crippen LogP contribution in [-0.4, -0.2) is 48.4 Å². The minimum atomic E-state index is -0.711. The minimum Gasteiger partial charge on any atom is -0.344 e. The molecule has 2 unspecified atom stereocenters. The molecule has 0 saturated carbocycles. The molecule has 0 spiro atoms. The highest BCUT2D eigenvalue weighted by molar-refractivity contribution is 5.91. The van der Waals surface area contributed by atoms with Crippen LogP contribution in [-0.2, 0) is 19.1 Å². The zero-order valence-corrected chi connectivity index (χ0v) is 14.1. The van der Waals surface area contributed by atoms with Gasteiger partial charge in [-0.1, -0.05) is 13.8 Å². The molecule has 1 saturated heterocycles. The van der Waals surface area contributed by atoms with Crippen molar-refractivity contribution in [3.63, 3.8) is 0 Å². The first-order valence-corrected chi connectivity index (χ1v) is 7.45. The van der Waals surface area contributed by atoms with Gasteiger partial charge < -0.3 is 15.0 Å². The number of terminal acetylenes is 1. The number of ether oxygens (including phenoxy) is 1. The van der Waals surface area contributed by atoms with Crippen LogP contribution in [0.25, 0.3) is 0 Å². The van der Waals surface area contributed by atoms with Crippen LogP contribution in [0.5, 0.6) is 0 Å². The topological polar surface area (TPSA) is 79.0 Å². The largest absolute Gasteiger partial charge is 0.344 e. The molecule has 2 amide bonds. The molecular formula is C17H24N2O4. The Morgan fingerprint density at radius 2 is 2.13 bits per heavy atom. The van der Waals surface area contributed by atoms with Crippen LogP contribution in [0.4, 0.5) is 0 Å². The van der Waals surface area contributed by atoms with E-state index in [0.717, 1.165) is 12.2 Å². The molecule has 1 heterocycles. The highest BCUT2D eigenvalue weighted by Gasteiger charge is 2.60. The molecule has 23 heavy (non-hydrogen) atoms. The Hall–Kier alpha value is -2.13. The van der Waals surface area contributed by atoms with Crippen LogP contribution in [0.15, 0.2) is 12.2 Å². The molecule has 1 N–H and O–H groups in total. The Kier molecular flexibility index (Phi) is 6.11. The van der Waals surface area contributed by atoms with Gasteiger partial charge in [-0.05, 0) is 13.0 Å². The second-order valence-corrected chi connectivity index (χ2v) is 6.53. The molecule has 6 heteroatoms. The van der Waals surface area contributed by atoms with E-state index in [-0.39, 0.29) is 36.3 Å². The summed E-state index contributed by atoms with van der Waals surface area (Å²) >= 11 is 0. The van der Waals surface area contributed by atoms with Gasteiger partial charge in [0.15, 0.2) is 5.72 Å². The molecule has 1 aliphatic rings. The third kappa shape index (κ3) is 5.22. The van der Waals surface area contributed by atoms with Crippen LogP contribution in [0.3, 0.4) is 0 Å². The van der Waals surface area contributed by atoms with Gasteiger partial charge in [0.25, 0.3) is 0 Å².